The number of imidazole rings is 1. The number of fused-ring (bicyclic) bond motifs is 1. The van der Waals surface area contributed by atoms with E-state index in [-0.39, 0.29) is 26.2 Å². The summed E-state index contributed by atoms with van der Waals surface area (Å²) < 4.78 is 23.1. The molecule has 0 unspecified atom stereocenters. The van der Waals surface area contributed by atoms with E-state index in [1.165, 1.54) is 10.9 Å². The molecule has 0 bridgehead atoms. The van der Waals surface area contributed by atoms with Crippen LogP contribution in [-0.4, -0.2) is 67.8 Å². The molecule has 1 aromatic heterocycles. The zero-order chi connectivity index (χ0) is 35.1. The van der Waals surface area contributed by atoms with Crippen LogP contribution in [-0.2, 0) is 59.5 Å². The van der Waals surface area contributed by atoms with Gasteiger partial charge in [-0.05, 0) is 52.7 Å². The van der Waals surface area contributed by atoms with Gasteiger partial charge in [0.1, 0.15) is 42.8 Å². The van der Waals surface area contributed by atoms with Gasteiger partial charge >= 0.3 is 24.1 Å². The SMILES string of the molecule is CC(C)(C)OC(=O)N1Cc2c(ncn2C(=O)OC(C)(C)C)C[C@H]1C(=O)N[C@@H](CC(=O)OCc1ccccc1)C(=O)OCc1ccccc1. The average molecular weight is 663 g/mol. The lowest BCUT2D eigenvalue weighted by Crippen LogP contribution is -2.57. The molecule has 0 fully saturated rings. The van der Waals surface area contributed by atoms with Gasteiger partial charge in [0.25, 0.3) is 0 Å². The minimum Gasteiger partial charge on any atom is -0.461 e. The molecule has 48 heavy (non-hydrogen) atoms. The molecule has 4 rings (SSSR count). The third kappa shape index (κ3) is 10.1. The molecule has 0 saturated carbocycles. The van der Waals surface area contributed by atoms with Gasteiger partial charge in [-0.25, -0.2) is 23.9 Å². The number of nitrogens with zero attached hydrogens (tertiary/aromatic N) is 3. The smallest absolute Gasteiger partial charge is 0.420 e. The van der Waals surface area contributed by atoms with Crippen LogP contribution in [0, 0.1) is 0 Å². The van der Waals surface area contributed by atoms with Crippen molar-refractivity contribution in [3.63, 3.8) is 0 Å². The summed E-state index contributed by atoms with van der Waals surface area (Å²) in [6.07, 6.45) is -0.877. The number of hydrogen-bond donors (Lipinski definition) is 1. The summed E-state index contributed by atoms with van der Waals surface area (Å²) >= 11 is 0. The van der Waals surface area contributed by atoms with Crippen LogP contribution in [0.1, 0.15) is 70.5 Å². The maximum atomic E-state index is 13.9. The Balaban J connectivity index is 1.57. The number of rotatable bonds is 9. The second-order valence-electron chi connectivity index (χ2n) is 13.3. The first-order valence-corrected chi connectivity index (χ1v) is 15.6. The van der Waals surface area contributed by atoms with Crippen LogP contribution in [0.4, 0.5) is 9.59 Å². The third-order valence-corrected chi connectivity index (χ3v) is 7.00. The molecule has 1 N–H and O–H groups in total. The zero-order valence-corrected chi connectivity index (χ0v) is 28.1. The van der Waals surface area contributed by atoms with Gasteiger partial charge in [-0.3, -0.25) is 14.5 Å². The van der Waals surface area contributed by atoms with Gasteiger partial charge in [-0.15, -0.1) is 0 Å². The number of benzene rings is 2. The molecule has 2 heterocycles. The van der Waals surface area contributed by atoms with Crippen molar-refractivity contribution in [2.45, 2.75) is 97.4 Å². The normalized spacial score (nSPS) is 15.0. The van der Waals surface area contributed by atoms with Crippen LogP contribution in [0.3, 0.4) is 0 Å². The van der Waals surface area contributed by atoms with E-state index in [4.69, 9.17) is 18.9 Å². The topological polar surface area (TPSA) is 155 Å². The molecule has 2 amide bonds. The van der Waals surface area contributed by atoms with Crippen molar-refractivity contribution in [1.29, 1.82) is 0 Å². The highest BCUT2D eigenvalue weighted by molar-refractivity contribution is 5.92. The van der Waals surface area contributed by atoms with Crippen LogP contribution in [0.2, 0.25) is 0 Å². The van der Waals surface area contributed by atoms with Crippen LogP contribution < -0.4 is 5.32 Å². The van der Waals surface area contributed by atoms with Crippen LogP contribution in [0.25, 0.3) is 0 Å². The summed E-state index contributed by atoms with van der Waals surface area (Å²) in [5.74, 6) is -2.36. The largest absolute Gasteiger partial charge is 0.461 e. The average Bonchev–Trinajstić information content (AvgIpc) is 3.44. The fourth-order valence-corrected chi connectivity index (χ4v) is 4.78. The van der Waals surface area contributed by atoms with Crippen molar-refractivity contribution in [1.82, 2.24) is 19.8 Å². The van der Waals surface area contributed by atoms with E-state index >= 15 is 0 Å². The van der Waals surface area contributed by atoms with Gasteiger partial charge in [0, 0.05) is 6.42 Å². The highest BCUT2D eigenvalue weighted by Crippen LogP contribution is 2.26. The highest BCUT2D eigenvalue weighted by Gasteiger charge is 2.41. The number of amides is 2. The highest BCUT2D eigenvalue weighted by atomic mass is 16.6. The molecule has 1 aliphatic rings. The molecule has 0 spiro atoms. The molecule has 13 heteroatoms. The van der Waals surface area contributed by atoms with Gasteiger partial charge in [0.2, 0.25) is 5.91 Å². The molecule has 0 aliphatic carbocycles. The Hall–Kier alpha value is -5.20. The number of nitrogens with one attached hydrogen (secondary N) is 1. The van der Waals surface area contributed by atoms with E-state index in [0.29, 0.717) is 17.0 Å². The van der Waals surface area contributed by atoms with E-state index in [9.17, 15) is 24.0 Å². The van der Waals surface area contributed by atoms with E-state index < -0.39 is 59.7 Å². The molecule has 2 aromatic carbocycles. The summed E-state index contributed by atoms with van der Waals surface area (Å²) in [7, 11) is 0. The van der Waals surface area contributed by atoms with Crippen LogP contribution in [0.15, 0.2) is 67.0 Å². The second kappa shape index (κ2) is 15.1. The zero-order valence-electron chi connectivity index (χ0n) is 28.1. The molecular weight excluding hydrogens is 620 g/mol. The van der Waals surface area contributed by atoms with Crippen molar-refractivity contribution in [2.24, 2.45) is 0 Å². The van der Waals surface area contributed by atoms with Gasteiger partial charge in [0.05, 0.1) is 24.4 Å². The summed E-state index contributed by atoms with van der Waals surface area (Å²) in [6, 6.07) is 15.3. The molecule has 3 aromatic rings. The number of aromatic nitrogens is 2. The first-order chi connectivity index (χ1) is 22.6. The van der Waals surface area contributed by atoms with Crippen molar-refractivity contribution in [2.75, 3.05) is 0 Å². The molecule has 1 aliphatic heterocycles. The van der Waals surface area contributed by atoms with Crippen LogP contribution in [0.5, 0.6) is 0 Å². The standard InChI is InChI=1S/C35H42N4O9/c1-34(2,3)47-32(43)38-19-28-25(36-22-39(28)33(44)48-35(4,5)6)17-27(38)30(41)37-26(31(42)46-21-24-15-11-8-12-16-24)18-29(40)45-20-23-13-9-7-10-14-23/h7-16,22,26-27H,17-21H2,1-6H3,(H,37,41)/t26-,27-/m0/s1. The molecule has 2 atom stereocenters. The Kier molecular flexibility index (Phi) is 11.2. The summed E-state index contributed by atoms with van der Waals surface area (Å²) in [6.45, 7) is 9.87. The van der Waals surface area contributed by atoms with E-state index in [1.54, 1.807) is 90.1 Å². The first kappa shape index (κ1) is 35.7. The second-order valence-corrected chi connectivity index (χ2v) is 13.3. The Labute approximate surface area is 279 Å². The first-order valence-electron chi connectivity index (χ1n) is 15.6. The van der Waals surface area contributed by atoms with Gasteiger partial charge in [-0.2, -0.15) is 0 Å². The number of carbonyl (C=O) groups excluding carboxylic acids is 5. The maximum absolute atomic E-state index is 13.9. The fraction of sp³-hybridized carbons (Fsp3) is 0.429. The monoisotopic (exact) mass is 662 g/mol. The Morgan fingerprint density at radius 1 is 0.812 bits per heavy atom. The van der Waals surface area contributed by atoms with E-state index in [2.05, 4.69) is 10.3 Å². The van der Waals surface area contributed by atoms with Crippen LogP contribution >= 0.6 is 0 Å². The van der Waals surface area contributed by atoms with E-state index in [0.717, 1.165) is 10.5 Å². The van der Waals surface area contributed by atoms with Gasteiger partial charge in [-0.1, -0.05) is 60.7 Å². The predicted molar refractivity (Wildman–Crippen MR) is 172 cm³/mol. The van der Waals surface area contributed by atoms with Gasteiger partial charge < -0.3 is 24.3 Å². The predicted octanol–water partition coefficient (Wildman–Crippen LogP) is 4.69. The summed E-state index contributed by atoms with van der Waals surface area (Å²) in [4.78, 5) is 72.0. The lowest BCUT2D eigenvalue weighted by Gasteiger charge is -2.36. The minimum atomic E-state index is -1.44. The van der Waals surface area contributed by atoms with E-state index in [1.807, 2.05) is 12.1 Å². The Morgan fingerprint density at radius 2 is 1.35 bits per heavy atom. The third-order valence-electron chi connectivity index (χ3n) is 7.00. The maximum Gasteiger partial charge on any atom is 0.420 e. The van der Waals surface area contributed by atoms with Crippen molar-refractivity contribution >= 4 is 30.0 Å². The van der Waals surface area contributed by atoms with Crippen molar-refractivity contribution < 1.29 is 42.9 Å². The minimum absolute atomic E-state index is 0.0302. The number of ether oxygens (including phenoxy) is 4. The lowest BCUT2D eigenvalue weighted by atomic mass is 10.0. The molecular formula is C35H42N4O9. The van der Waals surface area contributed by atoms with Crippen molar-refractivity contribution in [3.05, 3.63) is 89.5 Å². The van der Waals surface area contributed by atoms with Gasteiger partial charge in [0.15, 0.2) is 0 Å². The number of hydrogen-bond acceptors (Lipinski definition) is 10. The lowest BCUT2D eigenvalue weighted by molar-refractivity contribution is -0.155. The molecule has 13 nitrogen and oxygen atoms in total. The molecule has 256 valence electrons. The fourth-order valence-electron chi connectivity index (χ4n) is 4.78. The summed E-state index contributed by atoms with van der Waals surface area (Å²) in [5.41, 5.74) is 0.487. The molecule has 0 radical (unpaired) electrons. The Morgan fingerprint density at radius 3 is 1.92 bits per heavy atom. The molecule has 0 saturated heterocycles. The quantitative estimate of drug-likeness (QED) is 0.252. The van der Waals surface area contributed by atoms with Crippen molar-refractivity contribution in [3.8, 4) is 0 Å². The Bertz CT molecular complexity index is 1610. The number of carbonyl (C=O) groups is 5. The number of esters is 2. The summed E-state index contributed by atoms with van der Waals surface area (Å²) in [5, 5.41) is 2.60.